The molecule has 3 rings (SSSR count). The Bertz CT molecular complexity index is 706. The van der Waals surface area contributed by atoms with E-state index in [2.05, 4.69) is 34.6 Å². The number of hydrogen-bond donors (Lipinski definition) is 2. The maximum Gasteiger partial charge on any atom is 0.309 e. The lowest BCUT2D eigenvalue weighted by molar-refractivity contribution is -0.142. The largest absolute Gasteiger partial charge is 0.381 e. The van der Waals surface area contributed by atoms with Gasteiger partial charge in [-0.05, 0) is 52.4 Å². The van der Waals surface area contributed by atoms with Gasteiger partial charge in [-0.2, -0.15) is 0 Å². The van der Waals surface area contributed by atoms with E-state index in [9.17, 15) is 14.4 Å². The fourth-order valence-corrected chi connectivity index (χ4v) is 5.97. The van der Waals surface area contributed by atoms with Crippen LogP contribution < -0.4 is 10.7 Å². The molecule has 3 aliphatic rings. The first-order valence-electron chi connectivity index (χ1n) is 11.5. The molecule has 0 aromatic carbocycles. The molecule has 0 aromatic heterocycles. The summed E-state index contributed by atoms with van der Waals surface area (Å²) in [4.78, 5) is 40.8. The molecule has 1 saturated carbocycles. The van der Waals surface area contributed by atoms with Crippen molar-refractivity contribution in [1.29, 1.82) is 0 Å². The molecular formula is C22H37ClN4O4S. The summed E-state index contributed by atoms with van der Waals surface area (Å²) < 4.78 is 5.42. The minimum absolute atomic E-state index is 0. The summed E-state index contributed by atoms with van der Waals surface area (Å²) in [6, 6.07) is -0.825. The minimum atomic E-state index is -0.825. The fourth-order valence-electron chi connectivity index (χ4n) is 4.69. The maximum atomic E-state index is 13.1. The van der Waals surface area contributed by atoms with Crippen molar-refractivity contribution >= 4 is 46.9 Å². The first-order valence-corrected chi connectivity index (χ1v) is 12.5. The number of ketones is 1. The van der Waals surface area contributed by atoms with Gasteiger partial charge in [0.25, 0.3) is 0 Å². The molecule has 0 bridgehead atoms. The predicted molar refractivity (Wildman–Crippen MR) is 129 cm³/mol. The zero-order valence-corrected chi connectivity index (χ0v) is 21.0. The molecule has 0 spiro atoms. The number of nitrogens with zero attached hydrogens (tertiary/aromatic N) is 2. The van der Waals surface area contributed by atoms with Crippen molar-refractivity contribution in [3.05, 3.63) is 0 Å². The molecule has 32 heavy (non-hydrogen) atoms. The molecule has 10 heteroatoms. The third-order valence-corrected chi connectivity index (χ3v) is 8.02. The molecule has 1 atom stereocenters. The highest BCUT2D eigenvalue weighted by molar-refractivity contribution is 8.14. The van der Waals surface area contributed by atoms with Gasteiger partial charge in [-0.3, -0.25) is 14.4 Å². The van der Waals surface area contributed by atoms with Gasteiger partial charge < -0.3 is 15.0 Å². The summed E-state index contributed by atoms with van der Waals surface area (Å²) >= 11 is 1.57. The standard InChI is InChI=1S/C22H36N4O4S.ClH/c1-4-26-21(31-14-22(26,2)3)25-24-20(29)18(27)17(15-10-12-30-13-11-15)23-19(28)16-8-6-5-7-9-16;/h15-17H,4-14H2,1-3H3,(H,23,28)(H,24,29);1H. The van der Waals surface area contributed by atoms with Gasteiger partial charge in [-0.25, -0.2) is 5.43 Å². The van der Waals surface area contributed by atoms with E-state index in [1.165, 1.54) is 0 Å². The summed E-state index contributed by atoms with van der Waals surface area (Å²) in [7, 11) is 0. The Hall–Kier alpha value is -1.32. The highest BCUT2D eigenvalue weighted by Crippen LogP contribution is 2.32. The third kappa shape index (κ3) is 6.60. The van der Waals surface area contributed by atoms with Crippen LogP contribution in [0.25, 0.3) is 0 Å². The molecule has 1 unspecified atom stereocenters. The molecule has 182 valence electrons. The summed E-state index contributed by atoms with van der Waals surface area (Å²) in [5.74, 6) is -0.790. The Balaban J connectivity index is 0.00000363. The van der Waals surface area contributed by atoms with E-state index in [0.29, 0.717) is 31.2 Å². The van der Waals surface area contributed by atoms with Crippen LogP contribution in [-0.4, -0.2) is 64.8 Å². The number of nitrogens with one attached hydrogen (secondary N) is 2. The summed E-state index contributed by atoms with van der Waals surface area (Å²) in [6.07, 6.45) is 6.22. The number of thioether (sulfide) groups is 1. The number of carbonyl (C=O) groups is 3. The molecule has 0 aromatic rings. The molecule has 2 aliphatic heterocycles. The average molecular weight is 489 g/mol. The molecule has 1 aliphatic carbocycles. The second-order valence-corrected chi connectivity index (χ2v) is 10.3. The smallest absolute Gasteiger partial charge is 0.309 e. The SMILES string of the molecule is CCN1C(=NNC(=O)C(=O)C(NC(=O)C2CCCCC2)C2CCOCC2)SCC1(C)C.Cl. The van der Waals surface area contributed by atoms with Crippen LogP contribution in [0.3, 0.4) is 0 Å². The monoisotopic (exact) mass is 488 g/mol. The lowest BCUT2D eigenvalue weighted by Gasteiger charge is -2.31. The summed E-state index contributed by atoms with van der Waals surface area (Å²) in [5, 5.41) is 7.88. The number of amidine groups is 1. The van der Waals surface area contributed by atoms with E-state index in [1.807, 2.05) is 6.92 Å². The van der Waals surface area contributed by atoms with Crippen LogP contribution in [0.5, 0.6) is 0 Å². The first-order chi connectivity index (χ1) is 14.8. The Morgan fingerprint density at radius 3 is 2.44 bits per heavy atom. The zero-order valence-electron chi connectivity index (χ0n) is 19.4. The van der Waals surface area contributed by atoms with Gasteiger partial charge in [0.1, 0.15) is 6.04 Å². The molecular weight excluding hydrogens is 452 g/mol. The number of ether oxygens (including phenoxy) is 1. The van der Waals surface area contributed by atoms with Crippen molar-refractivity contribution in [2.75, 3.05) is 25.5 Å². The Morgan fingerprint density at radius 2 is 1.81 bits per heavy atom. The molecule has 2 heterocycles. The molecule has 0 radical (unpaired) electrons. The number of hydrogen-bond acceptors (Lipinski definition) is 6. The van der Waals surface area contributed by atoms with Gasteiger partial charge in [0.05, 0.1) is 0 Å². The van der Waals surface area contributed by atoms with Crippen LogP contribution in [-0.2, 0) is 19.1 Å². The average Bonchev–Trinajstić information content (AvgIpc) is 3.09. The molecule has 2 amide bonds. The van der Waals surface area contributed by atoms with Gasteiger partial charge in [-0.15, -0.1) is 17.5 Å². The summed E-state index contributed by atoms with van der Waals surface area (Å²) in [6.45, 7) is 8.13. The second kappa shape index (κ2) is 12.2. The van der Waals surface area contributed by atoms with Crippen molar-refractivity contribution < 1.29 is 19.1 Å². The van der Waals surface area contributed by atoms with Crippen LogP contribution in [0.4, 0.5) is 0 Å². The van der Waals surface area contributed by atoms with Gasteiger partial charge in [-0.1, -0.05) is 31.0 Å². The van der Waals surface area contributed by atoms with Crippen molar-refractivity contribution in [2.24, 2.45) is 16.9 Å². The van der Waals surface area contributed by atoms with E-state index in [-0.39, 0.29) is 35.7 Å². The van der Waals surface area contributed by atoms with Crippen LogP contribution in [0.2, 0.25) is 0 Å². The lowest BCUT2D eigenvalue weighted by atomic mass is 9.85. The van der Waals surface area contributed by atoms with Crippen LogP contribution in [0, 0.1) is 11.8 Å². The number of carbonyl (C=O) groups excluding carboxylic acids is 3. The van der Waals surface area contributed by atoms with Crippen LogP contribution in [0.1, 0.15) is 65.7 Å². The number of hydrazone groups is 1. The summed E-state index contributed by atoms with van der Waals surface area (Å²) in [5.41, 5.74) is 2.40. The van der Waals surface area contributed by atoms with E-state index in [4.69, 9.17) is 4.74 Å². The topological polar surface area (TPSA) is 100 Å². The maximum absolute atomic E-state index is 13.1. The van der Waals surface area contributed by atoms with Crippen molar-refractivity contribution in [2.45, 2.75) is 77.3 Å². The van der Waals surface area contributed by atoms with Gasteiger partial charge in [0.15, 0.2) is 5.17 Å². The van der Waals surface area contributed by atoms with Crippen LogP contribution in [0.15, 0.2) is 5.10 Å². The number of Topliss-reactive ketones (excluding diaryl/α,β-unsaturated/α-hetero) is 1. The Kier molecular flexibility index (Phi) is 10.3. The van der Waals surface area contributed by atoms with Gasteiger partial charge >= 0.3 is 5.91 Å². The predicted octanol–water partition coefficient (Wildman–Crippen LogP) is 2.70. The zero-order chi connectivity index (χ0) is 22.4. The number of amides is 2. The normalized spacial score (nSPS) is 24.0. The van der Waals surface area contributed by atoms with E-state index >= 15 is 0 Å². The molecule has 8 nitrogen and oxygen atoms in total. The quantitative estimate of drug-likeness (QED) is 0.422. The molecule has 3 fully saturated rings. The van der Waals surface area contributed by atoms with E-state index < -0.39 is 17.7 Å². The Labute approximate surface area is 201 Å². The van der Waals surface area contributed by atoms with Gasteiger partial charge in [0, 0.05) is 37.0 Å². The highest BCUT2D eigenvalue weighted by Gasteiger charge is 2.38. The first kappa shape index (κ1) is 26.9. The molecule has 2 N–H and O–H groups in total. The van der Waals surface area contributed by atoms with Crippen molar-refractivity contribution in [3.8, 4) is 0 Å². The lowest BCUT2D eigenvalue weighted by Crippen LogP contribution is -2.53. The van der Waals surface area contributed by atoms with Crippen molar-refractivity contribution in [3.63, 3.8) is 0 Å². The van der Waals surface area contributed by atoms with E-state index in [0.717, 1.165) is 44.4 Å². The highest BCUT2D eigenvalue weighted by atomic mass is 35.5. The third-order valence-electron chi connectivity index (χ3n) is 6.60. The van der Waals surface area contributed by atoms with E-state index in [1.54, 1.807) is 11.8 Å². The second-order valence-electron chi connectivity index (χ2n) is 9.32. The Morgan fingerprint density at radius 1 is 1.16 bits per heavy atom. The number of rotatable bonds is 7. The van der Waals surface area contributed by atoms with Crippen molar-refractivity contribution in [1.82, 2.24) is 15.6 Å². The van der Waals surface area contributed by atoms with Gasteiger partial charge in [0.2, 0.25) is 11.7 Å². The van der Waals surface area contributed by atoms with Crippen LogP contribution >= 0.6 is 24.2 Å². The minimum Gasteiger partial charge on any atom is -0.381 e. The number of halogens is 1. The fraction of sp³-hybridized carbons (Fsp3) is 0.818. The molecule has 2 saturated heterocycles.